The summed E-state index contributed by atoms with van der Waals surface area (Å²) in [6.07, 6.45) is 4.15. The fraction of sp³-hybridized carbons (Fsp3) is 0.304. The number of allylic oxidation sites excluding steroid dienone is 1. The van der Waals surface area contributed by atoms with Gasteiger partial charge in [-0.2, -0.15) is 5.10 Å². The third-order valence-corrected chi connectivity index (χ3v) is 5.34. The molecule has 0 saturated heterocycles. The third-order valence-electron chi connectivity index (χ3n) is 5.34. The maximum Gasteiger partial charge on any atom is 0.310 e. The molecular formula is C23H26N4O4. The lowest BCUT2D eigenvalue weighted by atomic mass is 9.94. The molecule has 1 aromatic heterocycles. The van der Waals surface area contributed by atoms with Crippen LogP contribution in [-0.2, 0) is 4.79 Å². The van der Waals surface area contributed by atoms with Gasteiger partial charge < -0.3 is 15.5 Å². The molecule has 8 nitrogen and oxygen atoms in total. The Labute approximate surface area is 180 Å². The normalized spacial score (nSPS) is 14.5. The van der Waals surface area contributed by atoms with E-state index in [1.54, 1.807) is 6.21 Å². The van der Waals surface area contributed by atoms with Crippen LogP contribution in [0.4, 0.5) is 0 Å². The predicted molar refractivity (Wildman–Crippen MR) is 119 cm³/mol. The molecule has 2 aromatic rings. The molecule has 0 spiro atoms. The zero-order valence-electron chi connectivity index (χ0n) is 18.0. The topological polar surface area (TPSA) is 124 Å². The van der Waals surface area contributed by atoms with Gasteiger partial charge in [0.05, 0.1) is 17.3 Å². The van der Waals surface area contributed by atoms with Gasteiger partial charge in [-0.15, -0.1) is 0 Å². The largest absolute Gasteiger partial charge is 0.505 e. The number of carbonyl (C=O) groups is 2. The van der Waals surface area contributed by atoms with Gasteiger partial charge in [0.1, 0.15) is 5.75 Å². The van der Waals surface area contributed by atoms with Crippen molar-refractivity contribution >= 4 is 23.8 Å². The molecule has 0 saturated carbocycles. The highest BCUT2D eigenvalue weighted by molar-refractivity contribution is 5.96. The summed E-state index contributed by atoms with van der Waals surface area (Å²) in [4.78, 5) is 27.6. The zero-order chi connectivity index (χ0) is 22.8. The minimum atomic E-state index is -1.13. The lowest BCUT2D eigenvalue weighted by Crippen LogP contribution is -2.39. The highest BCUT2D eigenvalue weighted by atomic mass is 16.4. The van der Waals surface area contributed by atoms with Gasteiger partial charge in [0, 0.05) is 29.4 Å². The SMILES string of the molecule is CC/C(C)=C1\NN=Cc2cc(-c3cnc(C(=O)NCC(C)(C)C(=O)O)c(O)c3)ccc21. The number of aromatic nitrogens is 1. The van der Waals surface area contributed by atoms with Crippen LogP contribution < -0.4 is 10.7 Å². The average molecular weight is 422 g/mol. The molecule has 1 aromatic carbocycles. The van der Waals surface area contributed by atoms with E-state index in [4.69, 9.17) is 5.11 Å². The number of rotatable bonds is 6. The maximum absolute atomic E-state index is 12.3. The van der Waals surface area contributed by atoms with Crippen molar-refractivity contribution in [3.05, 3.63) is 52.9 Å². The van der Waals surface area contributed by atoms with Gasteiger partial charge in [-0.1, -0.05) is 19.1 Å². The number of aromatic hydroxyl groups is 1. The number of aliphatic carboxylic acids is 1. The first-order chi connectivity index (χ1) is 14.6. The Morgan fingerprint density at radius 1 is 1.19 bits per heavy atom. The van der Waals surface area contributed by atoms with Crippen molar-refractivity contribution in [3.63, 3.8) is 0 Å². The average Bonchev–Trinajstić information content (AvgIpc) is 2.76. The number of hydrogen-bond acceptors (Lipinski definition) is 6. The first kappa shape index (κ1) is 22.0. The Morgan fingerprint density at radius 2 is 1.94 bits per heavy atom. The summed E-state index contributed by atoms with van der Waals surface area (Å²) in [6.45, 7) is 7.07. The Bertz CT molecular complexity index is 1100. The number of hydrazone groups is 1. The lowest BCUT2D eigenvalue weighted by molar-refractivity contribution is -0.146. The summed E-state index contributed by atoms with van der Waals surface area (Å²) in [5, 5.41) is 26.2. The van der Waals surface area contributed by atoms with Crippen molar-refractivity contribution in [1.29, 1.82) is 0 Å². The van der Waals surface area contributed by atoms with Gasteiger partial charge in [0.2, 0.25) is 0 Å². The summed E-state index contributed by atoms with van der Waals surface area (Å²) in [5.41, 5.74) is 7.42. The smallest absolute Gasteiger partial charge is 0.310 e. The molecule has 162 valence electrons. The molecule has 0 atom stereocenters. The van der Waals surface area contributed by atoms with Crippen LogP contribution in [0.5, 0.6) is 5.75 Å². The van der Waals surface area contributed by atoms with Crippen LogP contribution in [0, 0.1) is 5.41 Å². The second-order valence-corrected chi connectivity index (χ2v) is 8.14. The van der Waals surface area contributed by atoms with Crippen molar-refractivity contribution in [2.24, 2.45) is 10.5 Å². The maximum atomic E-state index is 12.3. The number of nitrogens with zero attached hydrogens (tertiary/aromatic N) is 2. The lowest BCUT2D eigenvalue weighted by Gasteiger charge is -2.19. The van der Waals surface area contributed by atoms with Gasteiger partial charge in [-0.25, -0.2) is 4.98 Å². The molecule has 31 heavy (non-hydrogen) atoms. The van der Waals surface area contributed by atoms with Gasteiger partial charge in [-0.05, 0) is 50.5 Å². The molecule has 0 radical (unpaired) electrons. The van der Waals surface area contributed by atoms with Crippen molar-refractivity contribution in [2.75, 3.05) is 6.54 Å². The van der Waals surface area contributed by atoms with Crippen molar-refractivity contribution < 1.29 is 19.8 Å². The molecule has 0 aliphatic carbocycles. The van der Waals surface area contributed by atoms with E-state index in [1.165, 1.54) is 31.7 Å². The Balaban J connectivity index is 1.85. The molecule has 3 rings (SSSR count). The highest BCUT2D eigenvalue weighted by Gasteiger charge is 2.28. The van der Waals surface area contributed by atoms with Crippen LogP contribution in [-0.4, -0.2) is 39.8 Å². The van der Waals surface area contributed by atoms with Crippen LogP contribution in [0.2, 0.25) is 0 Å². The second-order valence-electron chi connectivity index (χ2n) is 8.14. The summed E-state index contributed by atoms with van der Waals surface area (Å²) in [7, 11) is 0. The number of carboxylic acid groups (broad SMARTS) is 1. The first-order valence-electron chi connectivity index (χ1n) is 9.98. The number of nitrogens with one attached hydrogen (secondary N) is 2. The summed E-state index contributed by atoms with van der Waals surface area (Å²) in [6, 6.07) is 7.34. The van der Waals surface area contributed by atoms with E-state index in [9.17, 15) is 14.7 Å². The predicted octanol–water partition coefficient (Wildman–Crippen LogP) is 3.37. The third kappa shape index (κ3) is 4.58. The van der Waals surface area contributed by atoms with E-state index < -0.39 is 17.3 Å². The quantitative estimate of drug-likeness (QED) is 0.566. The monoisotopic (exact) mass is 422 g/mol. The van der Waals surface area contributed by atoms with Crippen LogP contribution in [0.25, 0.3) is 16.8 Å². The number of amides is 1. The van der Waals surface area contributed by atoms with Gasteiger partial charge in [0.15, 0.2) is 5.69 Å². The standard InChI is InChI=1S/C23H26N4O4/c1-5-13(2)19-17-7-6-14(8-16(17)11-26-27-19)15-9-18(28)20(24-10-15)21(29)25-12-23(3,4)22(30)31/h6-11,27-28H,5,12H2,1-4H3,(H,25,29)(H,30,31)/b19-13-. The van der Waals surface area contributed by atoms with E-state index in [1.807, 2.05) is 18.2 Å². The molecule has 0 unspecified atom stereocenters. The number of carbonyl (C=O) groups excluding carboxylic acids is 1. The van der Waals surface area contributed by atoms with Gasteiger partial charge >= 0.3 is 5.97 Å². The Hall–Kier alpha value is -3.68. The van der Waals surface area contributed by atoms with E-state index in [-0.39, 0.29) is 18.0 Å². The van der Waals surface area contributed by atoms with Crippen LogP contribution in [0.1, 0.15) is 55.7 Å². The number of fused-ring (bicyclic) bond motifs is 1. The number of hydrogen-bond donors (Lipinski definition) is 4. The van der Waals surface area contributed by atoms with Crippen molar-refractivity contribution in [2.45, 2.75) is 34.1 Å². The minimum Gasteiger partial charge on any atom is -0.505 e. The Morgan fingerprint density at radius 3 is 2.58 bits per heavy atom. The molecule has 0 fully saturated rings. The molecule has 4 N–H and O–H groups in total. The van der Waals surface area contributed by atoms with Gasteiger partial charge in [0.25, 0.3) is 5.91 Å². The molecule has 2 heterocycles. The zero-order valence-corrected chi connectivity index (χ0v) is 18.0. The van der Waals surface area contributed by atoms with Crippen LogP contribution >= 0.6 is 0 Å². The highest BCUT2D eigenvalue weighted by Crippen LogP contribution is 2.30. The fourth-order valence-electron chi connectivity index (χ4n) is 3.05. The first-order valence-corrected chi connectivity index (χ1v) is 9.98. The molecule has 1 amide bonds. The number of carboxylic acids is 1. The fourth-order valence-corrected chi connectivity index (χ4v) is 3.05. The minimum absolute atomic E-state index is 0.0880. The molecule has 0 bridgehead atoms. The van der Waals surface area contributed by atoms with Crippen LogP contribution in [0.3, 0.4) is 0 Å². The summed E-state index contributed by atoms with van der Waals surface area (Å²) < 4.78 is 0. The summed E-state index contributed by atoms with van der Waals surface area (Å²) in [5.74, 6) is -1.94. The van der Waals surface area contributed by atoms with Gasteiger partial charge in [-0.3, -0.25) is 15.0 Å². The second kappa shape index (κ2) is 8.59. The van der Waals surface area contributed by atoms with Crippen molar-refractivity contribution in [3.8, 4) is 16.9 Å². The number of benzene rings is 1. The molecule has 1 aliphatic heterocycles. The van der Waals surface area contributed by atoms with E-state index in [2.05, 4.69) is 34.7 Å². The Kier molecular flexibility index (Phi) is 6.10. The number of pyridine rings is 1. The molecule has 1 aliphatic rings. The van der Waals surface area contributed by atoms with E-state index in [0.717, 1.165) is 28.8 Å². The van der Waals surface area contributed by atoms with E-state index in [0.29, 0.717) is 5.56 Å². The summed E-state index contributed by atoms with van der Waals surface area (Å²) >= 11 is 0. The molecular weight excluding hydrogens is 396 g/mol. The van der Waals surface area contributed by atoms with E-state index >= 15 is 0 Å². The van der Waals surface area contributed by atoms with Crippen molar-refractivity contribution in [1.82, 2.24) is 15.7 Å². The van der Waals surface area contributed by atoms with Crippen LogP contribution in [0.15, 0.2) is 41.1 Å². The molecule has 8 heteroatoms.